The SMILES string of the molecule is Cc1ccc(-n2c(N3CCC[C@@H](C(=O)NCc4ccc(F)cc4F)C3)nc3ccsc3c2=O)cc1. The zero-order chi connectivity index (χ0) is 24.5. The Hall–Kier alpha value is -3.59. The number of anilines is 1. The molecule has 35 heavy (non-hydrogen) atoms. The van der Waals surface area contributed by atoms with E-state index in [2.05, 4.69) is 5.32 Å². The van der Waals surface area contributed by atoms with E-state index in [9.17, 15) is 18.4 Å². The average molecular weight is 495 g/mol. The van der Waals surface area contributed by atoms with E-state index in [4.69, 9.17) is 4.98 Å². The minimum absolute atomic E-state index is 0.0192. The Labute approximate surface area is 204 Å². The second kappa shape index (κ2) is 9.58. The fourth-order valence-corrected chi connectivity index (χ4v) is 5.16. The zero-order valence-corrected chi connectivity index (χ0v) is 19.9. The Balaban J connectivity index is 1.42. The average Bonchev–Trinajstić information content (AvgIpc) is 3.33. The van der Waals surface area contributed by atoms with Crippen LogP contribution >= 0.6 is 11.3 Å². The van der Waals surface area contributed by atoms with Gasteiger partial charge < -0.3 is 10.2 Å². The quantitative estimate of drug-likeness (QED) is 0.442. The summed E-state index contributed by atoms with van der Waals surface area (Å²) in [6.45, 7) is 3.00. The number of piperidine rings is 1. The molecule has 1 N–H and O–H groups in total. The number of nitrogens with zero attached hydrogens (tertiary/aromatic N) is 3. The van der Waals surface area contributed by atoms with Crippen LogP contribution in [0, 0.1) is 24.5 Å². The predicted molar refractivity (Wildman–Crippen MR) is 133 cm³/mol. The molecule has 1 saturated heterocycles. The van der Waals surface area contributed by atoms with Crippen LogP contribution in [0.15, 0.2) is 58.7 Å². The fourth-order valence-electron chi connectivity index (χ4n) is 4.40. The van der Waals surface area contributed by atoms with Crippen molar-refractivity contribution in [3.8, 4) is 5.69 Å². The lowest BCUT2D eigenvalue weighted by molar-refractivity contribution is -0.125. The van der Waals surface area contributed by atoms with E-state index in [0.29, 0.717) is 35.7 Å². The van der Waals surface area contributed by atoms with Gasteiger partial charge in [0, 0.05) is 31.3 Å². The number of thiophene rings is 1. The number of carbonyl (C=O) groups excluding carboxylic acids is 1. The molecular formula is C26H24F2N4O2S. The van der Waals surface area contributed by atoms with E-state index in [1.165, 1.54) is 23.5 Å². The number of fused-ring (bicyclic) bond motifs is 1. The van der Waals surface area contributed by atoms with E-state index < -0.39 is 11.6 Å². The number of benzene rings is 2. The summed E-state index contributed by atoms with van der Waals surface area (Å²) in [5.74, 6) is -1.40. The Kier molecular flexibility index (Phi) is 6.34. The van der Waals surface area contributed by atoms with Crippen molar-refractivity contribution < 1.29 is 13.6 Å². The molecule has 5 rings (SSSR count). The van der Waals surface area contributed by atoms with Crippen molar-refractivity contribution in [2.45, 2.75) is 26.3 Å². The third-order valence-corrected chi connectivity index (χ3v) is 7.19. The van der Waals surface area contributed by atoms with Crippen LogP contribution in [0.25, 0.3) is 15.9 Å². The minimum Gasteiger partial charge on any atom is -0.352 e. The van der Waals surface area contributed by atoms with E-state index in [-0.39, 0.29) is 29.5 Å². The van der Waals surface area contributed by atoms with E-state index >= 15 is 0 Å². The highest BCUT2D eigenvalue weighted by Crippen LogP contribution is 2.27. The lowest BCUT2D eigenvalue weighted by Gasteiger charge is -2.34. The molecule has 4 aromatic rings. The summed E-state index contributed by atoms with van der Waals surface area (Å²) in [5, 5.41) is 4.63. The highest BCUT2D eigenvalue weighted by molar-refractivity contribution is 7.17. The van der Waals surface area contributed by atoms with Gasteiger partial charge in [0.1, 0.15) is 16.3 Å². The monoisotopic (exact) mass is 494 g/mol. The number of halogens is 2. The van der Waals surface area contributed by atoms with Crippen molar-refractivity contribution in [2.24, 2.45) is 5.92 Å². The third kappa shape index (κ3) is 4.68. The van der Waals surface area contributed by atoms with Gasteiger partial charge in [-0.15, -0.1) is 11.3 Å². The van der Waals surface area contributed by atoms with Crippen LogP contribution in [0.2, 0.25) is 0 Å². The summed E-state index contributed by atoms with van der Waals surface area (Å²) in [6.07, 6.45) is 1.41. The first-order valence-corrected chi connectivity index (χ1v) is 12.3. The van der Waals surface area contributed by atoms with Gasteiger partial charge in [0.15, 0.2) is 0 Å². The fraction of sp³-hybridized carbons (Fsp3) is 0.269. The second-order valence-electron chi connectivity index (χ2n) is 8.76. The molecule has 1 aliphatic rings. The normalized spacial score (nSPS) is 16.0. The van der Waals surface area contributed by atoms with Gasteiger partial charge in [-0.05, 0) is 49.4 Å². The maximum atomic E-state index is 14.0. The Bertz CT molecular complexity index is 1450. The largest absolute Gasteiger partial charge is 0.352 e. The number of hydrogen-bond donors (Lipinski definition) is 1. The number of amides is 1. The Morgan fingerprint density at radius 2 is 1.97 bits per heavy atom. The van der Waals surface area contributed by atoms with Gasteiger partial charge in [0.05, 0.1) is 17.1 Å². The van der Waals surface area contributed by atoms with E-state index in [1.807, 2.05) is 47.5 Å². The zero-order valence-electron chi connectivity index (χ0n) is 19.1. The highest BCUT2D eigenvalue weighted by atomic mass is 32.1. The first-order chi connectivity index (χ1) is 16.9. The molecule has 3 heterocycles. The van der Waals surface area contributed by atoms with Gasteiger partial charge in [0.2, 0.25) is 11.9 Å². The molecular weight excluding hydrogens is 470 g/mol. The summed E-state index contributed by atoms with van der Waals surface area (Å²) in [5.41, 5.74) is 2.53. The van der Waals surface area contributed by atoms with Crippen LogP contribution in [-0.2, 0) is 11.3 Å². The number of nitrogens with one attached hydrogen (secondary N) is 1. The molecule has 0 unspecified atom stereocenters. The van der Waals surface area contributed by atoms with Crippen molar-refractivity contribution in [2.75, 3.05) is 18.0 Å². The van der Waals surface area contributed by atoms with Gasteiger partial charge in [0.25, 0.3) is 5.56 Å². The summed E-state index contributed by atoms with van der Waals surface area (Å²) >= 11 is 1.36. The number of aromatic nitrogens is 2. The first kappa shape index (κ1) is 23.2. The molecule has 0 aliphatic carbocycles. The van der Waals surface area contributed by atoms with Crippen molar-refractivity contribution in [3.05, 3.63) is 87.0 Å². The van der Waals surface area contributed by atoms with Crippen molar-refractivity contribution in [3.63, 3.8) is 0 Å². The van der Waals surface area contributed by atoms with Crippen LogP contribution in [0.4, 0.5) is 14.7 Å². The Morgan fingerprint density at radius 1 is 1.17 bits per heavy atom. The van der Waals surface area contributed by atoms with Crippen molar-refractivity contribution >= 4 is 33.4 Å². The lowest BCUT2D eigenvalue weighted by atomic mass is 9.97. The summed E-state index contributed by atoms with van der Waals surface area (Å²) in [6, 6.07) is 12.8. The molecule has 2 aromatic heterocycles. The summed E-state index contributed by atoms with van der Waals surface area (Å²) in [4.78, 5) is 33.2. The van der Waals surface area contributed by atoms with E-state index in [1.54, 1.807) is 4.57 Å². The molecule has 0 radical (unpaired) electrons. The van der Waals surface area contributed by atoms with E-state index in [0.717, 1.165) is 23.7 Å². The molecule has 9 heteroatoms. The van der Waals surface area contributed by atoms with Gasteiger partial charge in [-0.25, -0.2) is 18.3 Å². The second-order valence-corrected chi connectivity index (χ2v) is 9.68. The van der Waals surface area contributed by atoms with Gasteiger partial charge in [-0.3, -0.25) is 9.59 Å². The molecule has 2 aromatic carbocycles. The molecule has 1 amide bonds. The van der Waals surface area contributed by atoms with Crippen LogP contribution in [0.3, 0.4) is 0 Å². The number of aryl methyl sites for hydroxylation is 1. The number of rotatable bonds is 5. The minimum atomic E-state index is -0.689. The molecule has 6 nitrogen and oxygen atoms in total. The number of hydrogen-bond acceptors (Lipinski definition) is 5. The maximum Gasteiger partial charge on any atom is 0.277 e. The summed E-state index contributed by atoms with van der Waals surface area (Å²) in [7, 11) is 0. The smallest absolute Gasteiger partial charge is 0.277 e. The first-order valence-electron chi connectivity index (χ1n) is 11.4. The summed E-state index contributed by atoms with van der Waals surface area (Å²) < 4.78 is 29.3. The molecule has 1 aliphatic heterocycles. The molecule has 1 atom stereocenters. The maximum absolute atomic E-state index is 14.0. The van der Waals surface area contributed by atoms with Gasteiger partial charge in [-0.2, -0.15) is 0 Å². The molecule has 0 spiro atoms. The molecule has 0 bridgehead atoms. The predicted octanol–water partition coefficient (Wildman–Crippen LogP) is 4.57. The van der Waals surface area contributed by atoms with Gasteiger partial charge in [-0.1, -0.05) is 23.8 Å². The molecule has 0 saturated carbocycles. The van der Waals surface area contributed by atoms with Crippen LogP contribution in [-0.4, -0.2) is 28.5 Å². The van der Waals surface area contributed by atoms with Crippen molar-refractivity contribution in [1.82, 2.24) is 14.9 Å². The lowest BCUT2D eigenvalue weighted by Crippen LogP contribution is -2.45. The number of carbonyl (C=O) groups is 1. The van der Waals surface area contributed by atoms with Gasteiger partial charge >= 0.3 is 0 Å². The van der Waals surface area contributed by atoms with Crippen LogP contribution < -0.4 is 15.8 Å². The van der Waals surface area contributed by atoms with Crippen LogP contribution in [0.1, 0.15) is 24.0 Å². The topological polar surface area (TPSA) is 67.2 Å². The molecule has 1 fully saturated rings. The van der Waals surface area contributed by atoms with Crippen LogP contribution in [0.5, 0.6) is 0 Å². The molecule has 180 valence electrons. The van der Waals surface area contributed by atoms with Crippen molar-refractivity contribution in [1.29, 1.82) is 0 Å². The highest BCUT2D eigenvalue weighted by Gasteiger charge is 2.29. The Morgan fingerprint density at radius 3 is 2.74 bits per heavy atom. The third-order valence-electron chi connectivity index (χ3n) is 6.30. The standard InChI is InChI=1S/C26H24F2N4O2S/c1-16-4-8-20(9-5-16)32-25(34)23-22(10-12-35-23)30-26(32)31-11-2-3-18(15-31)24(33)29-14-17-6-7-19(27)13-21(17)28/h4-10,12-13,18H,2-3,11,14-15H2,1H3,(H,29,33)/t18-/m1/s1.